The fourth-order valence-corrected chi connectivity index (χ4v) is 2.21. The van der Waals surface area contributed by atoms with Gasteiger partial charge in [-0.05, 0) is 6.42 Å². The van der Waals surface area contributed by atoms with E-state index in [0.29, 0.717) is 6.04 Å². The molecule has 2 aromatic heterocycles. The van der Waals surface area contributed by atoms with Gasteiger partial charge in [-0.1, -0.05) is 6.92 Å². The maximum absolute atomic E-state index is 4.51. The second-order valence-electron chi connectivity index (χ2n) is 4.45. The first-order valence-corrected chi connectivity index (χ1v) is 6.30. The second kappa shape index (κ2) is 4.72. The largest absolute Gasteiger partial charge is 0.364 e. The molecule has 6 heteroatoms. The number of nitrogens with one attached hydrogen (secondary N) is 1. The van der Waals surface area contributed by atoms with E-state index < -0.39 is 0 Å². The molecule has 0 spiro atoms. The van der Waals surface area contributed by atoms with Crippen molar-refractivity contribution in [2.24, 2.45) is 0 Å². The average molecular weight is 244 g/mol. The minimum atomic E-state index is 0.348. The summed E-state index contributed by atoms with van der Waals surface area (Å²) >= 11 is 0. The molecule has 1 atom stereocenters. The van der Waals surface area contributed by atoms with E-state index in [1.807, 2.05) is 4.68 Å². The lowest BCUT2D eigenvalue weighted by molar-refractivity contribution is 0.439. The number of aromatic nitrogens is 5. The Hall–Kier alpha value is -1.98. The lowest BCUT2D eigenvalue weighted by Crippen LogP contribution is -2.32. The summed E-state index contributed by atoms with van der Waals surface area (Å²) in [5.74, 6) is 2.86. The lowest BCUT2D eigenvalue weighted by Gasteiger charge is -2.23. The molecule has 18 heavy (non-hydrogen) atoms. The van der Waals surface area contributed by atoms with Crippen molar-refractivity contribution in [1.82, 2.24) is 24.7 Å². The predicted octanol–water partition coefficient (Wildman–Crippen LogP) is 1.06. The number of rotatable bonds is 3. The monoisotopic (exact) mass is 244 g/mol. The Morgan fingerprint density at radius 1 is 1.44 bits per heavy atom. The van der Waals surface area contributed by atoms with Gasteiger partial charge in [-0.25, -0.2) is 14.6 Å². The van der Waals surface area contributed by atoms with Gasteiger partial charge in [-0.3, -0.25) is 4.98 Å². The van der Waals surface area contributed by atoms with Crippen LogP contribution in [0.1, 0.15) is 25.0 Å². The van der Waals surface area contributed by atoms with E-state index in [4.69, 9.17) is 0 Å². The van der Waals surface area contributed by atoms with Gasteiger partial charge < -0.3 is 5.32 Å². The first-order chi connectivity index (χ1) is 8.85. The van der Waals surface area contributed by atoms with Gasteiger partial charge in [-0.15, -0.1) is 0 Å². The molecule has 2 aromatic rings. The molecule has 6 nitrogen and oxygen atoms in total. The predicted molar refractivity (Wildman–Crippen MR) is 67.2 cm³/mol. The summed E-state index contributed by atoms with van der Waals surface area (Å²) in [6.07, 6.45) is 8.02. The summed E-state index contributed by atoms with van der Waals surface area (Å²) in [5.41, 5.74) is 0. The molecule has 0 saturated carbocycles. The smallest absolute Gasteiger partial charge is 0.150 e. The molecule has 0 amide bonds. The van der Waals surface area contributed by atoms with Gasteiger partial charge in [0.15, 0.2) is 5.82 Å². The van der Waals surface area contributed by atoms with E-state index in [0.717, 1.165) is 43.3 Å². The van der Waals surface area contributed by atoms with Crippen molar-refractivity contribution in [3.8, 4) is 0 Å². The maximum Gasteiger partial charge on any atom is 0.150 e. The van der Waals surface area contributed by atoms with Gasteiger partial charge in [-0.2, -0.15) is 5.10 Å². The minimum Gasteiger partial charge on any atom is -0.364 e. The highest BCUT2D eigenvalue weighted by Crippen LogP contribution is 2.16. The van der Waals surface area contributed by atoms with Crippen molar-refractivity contribution in [1.29, 1.82) is 0 Å². The summed E-state index contributed by atoms with van der Waals surface area (Å²) < 4.78 is 2.01. The minimum absolute atomic E-state index is 0.348. The molecule has 1 aliphatic rings. The molecule has 1 aliphatic heterocycles. The van der Waals surface area contributed by atoms with Crippen LogP contribution in [0, 0.1) is 0 Å². The molecule has 3 heterocycles. The van der Waals surface area contributed by atoms with Crippen molar-refractivity contribution >= 4 is 5.82 Å². The second-order valence-corrected chi connectivity index (χ2v) is 4.45. The van der Waals surface area contributed by atoms with Crippen LogP contribution in [0.3, 0.4) is 0 Å². The molecule has 0 aromatic carbocycles. The molecule has 0 unspecified atom stereocenters. The third kappa shape index (κ3) is 2.18. The van der Waals surface area contributed by atoms with Crippen LogP contribution in [0.15, 0.2) is 18.6 Å². The molecule has 0 saturated heterocycles. The van der Waals surface area contributed by atoms with Crippen LogP contribution in [0.5, 0.6) is 0 Å². The van der Waals surface area contributed by atoms with E-state index in [1.165, 1.54) is 0 Å². The van der Waals surface area contributed by atoms with Gasteiger partial charge in [0.1, 0.15) is 11.6 Å². The average Bonchev–Trinajstić information content (AvgIpc) is 2.82. The Morgan fingerprint density at radius 2 is 2.39 bits per heavy atom. The van der Waals surface area contributed by atoms with Gasteiger partial charge in [0, 0.05) is 31.3 Å². The zero-order valence-electron chi connectivity index (χ0n) is 10.4. The Morgan fingerprint density at radius 3 is 3.17 bits per heavy atom. The Kier molecular flexibility index (Phi) is 2.92. The van der Waals surface area contributed by atoms with Crippen LogP contribution in [-0.2, 0) is 19.4 Å². The third-order valence-electron chi connectivity index (χ3n) is 3.13. The number of anilines is 1. The zero-order valence-corrected chi connectivity index (χ0v) is 10.4. The fraction of sp³-hybridized carbons (Fsp3) is 0.500. The molecule has 3 rings (SSSR count). The lowest BCUT2D eigenvalue weighted by atomic mass is 10.1. The van der Waals surface area contributed by atoms with Crippen molar-refractivity contribution in [2.75, 3.05) is 5.32 Å². The van der Waals surface area contributed by atoms with Crippen LogP contribution in [0.2, 0.25) is 0 Å². The van der Waals surface area contributed by atoms with Crippen LogP contribution in [0.25, 0.3) is 0 Å². The highest BCUT2D eigenvalue weighted by molar-refractivity contribution is 5.31. The topological polar surface area (TPSA) is 68.5 Å². The number of hydrogen-bond acceptors (Lipinski definition) is 5. The molecule has 0 radical (unpaired) electrons. The third-order valence-corrected chi connectivity index (χ3v) is 3.13. The van der Waals surface area contributed by atoms with Crippen LogP contribution >= 0.6 is 0 Å². The summed E-state index contributed by atoms with van der Waals surface area (Å²) in [5, 5.41) is 7.88. The Bertz CT molecular complexity index is 521. The molecule has 0 fully saturated rings. The highest BCUT2D eigenvalue weighted by atomic mass is 15.4. The zero-order chi connectivity index (χ0) is 12.4. The van der Waals surface area contributed by atoms with Crippen molar-refractivity contribution in [3.05, 3.63) is 30.2 Å². The number of aryl methyl sites for hydroxylation is 2. The fourth-order valence-electron chi connectivity index (χ4n) is 2.21. The molecule has 0 bridgehead atoms. The molecular weight excluding hydrogens is 228 g/mol. The van der Waals surface area contributed by atoms with E-state index in [1.54, 1.807) is 18.6 Å². The SMILES string of the molecule is CCc1nc2n(n1)C[C@@H](Nc1cnccn1)CC2. The maximum atomic E-state index is 4.51. The van der Waals surface area contributed by atoms with E-state index >= 15 is 0 Å². The summed E-state index contributed by atoms with van der Waals surface area (Å²) in [6, 6.07) is 0.348. The Balaban J connectivity index is 1.71. The first-order valence-electron chi connectivity index (χ1n) is 6.30. The standard InChI is InChI=1S/C12H16N6/c1-2-10-16-12-4-3-9(8-18(12)17-10)15-11-7-13-5-6-14-11/h5-7,9H,2-4,8H2,1H3,(H,14,15)/t9-/m0/s1. The highest BCUT2D eigenvalue weighted by Gasteiger charge is 2.21. The first kappa shape index (κ1) is 11.1. The summed E-state index contributed by atoms with van der Waals surface area (Å²) in [7, 11) is 0. The normalized spacial score (nSPS) is 18.4. The van der Waals surface area contributed by atoms with Gasteiger partial charge in [0.05, 0.1) is 12.7 Å². The molecule has 94 valence electrons. The number of hydrogen-bond donors (Lipinski definition) is 1. The van der Waals surface area contributed by atoms with E-state index in [-0.39, 0.29) is 0 Å². The van der Waals surface area contributed by atoms with Crippen molar-refractivity contribution in [3.63, 3.8) is 0 Å². The Labute approximate surface area is 105 Å². The summed E-state index contributed by atoms with van der Waals surface area (Å²) in [4.78, 5) is 12.8. The van der Waals surface area contributed by atoms with Crippen LogP contribution in [0.4, 0.5) is 5.82 Å². The van der Waals surface area contributed by atoms with Crippen molar-refractivity contribution < 1.29 is 0 Å². The van der Waals surface area contributed by atoms with Gasteiger partial charge in [0.2, 0.25) is 0 Å². The quantitative estimate of drug-likeness (QED) is 0.874. The van der Waals surface area contributed by atoms with Crippen LogP contribution in [-0.4, -0.2) is 30.8 Å². The van der Waals surface area contributed by atoms with Gasteiger partial charge >= 0.3 is 0 Å². The molecule has 1 N–H and O–H groups in total. The number of fused-ring (bicyclic) bond motifs is 1. The molecule has 0 aliphatic carbocycles. The number of nitrogens with zero attached hydrogens (tertiary/aromatic N) is 5. The van der Waals surface area contributed by atoms with Crippen molar-refractivity contribution in [2.45, 2.75) is 38.8 Å². The van der Waals surface area contributed by atoms with Crippen LogP contribution < -0.4 is 5.32 Å². The van der Waals surface area contributed by atoms with Gasteiger partial charge in [0.25, 0.3) is 0 Å². The van der Waals surface area contributed by atoms with E-state index in [9.17, 15) is 0 Å². The summed E-state index contributed by atoms with van der Waals surface area (Å²) in [6.45, 7) is 2.93. The molecular formula is C12H16N6. The van der Waals surface area contributed by atoms with E-state index in [2.05, 4.69) is 32.3 Å².